The van der Waals surface area contributed by atoms with Gasteiger partial charge in [0.15, 0.2) is 5.60 Å². The number of rotatable bonds is 1. The third kappa shape index (κ3) is 1.80. The summed E-state index contributed by atoms with van der Waals surface area (Å²) in [5.74, 6) is 6.33. The summed E-state index contributed by atoms with van der Waals surface area (Å²) >= 11 is 0. The van der Waals surface area contributed by atoms with E-state index in [1.54, 1.807) is 0 Å². The minimum Gasteiger partial charge on any atom is -0.391 e. The van der Waals surface area contributed by atoms with Crippen molar-refractivity contribution < 1.29 is 9.84 Å². The second kappa shape index (κ2) is 4.11. The zero-order valence-electron chi connectivity index (χ0n) is 12.5. The minimum atomic E-state index is -0.454. The number of fused-ring (bicyclic) bond motifs is 1. The normalized spacial score (nSPS) is 46.5. The molecular weight excluding hydrogens is 264 g/mol. The molecule has 1 heterocycles. The number of nitriles is 1. The minimum absolute atomic E-state index is 0.169. The average molecular weight is 284 g/mol. The van der Waals surface area contributed by atoms with Gasteiger partial charge in [0.25, 0.3) is 0 Å². The van der Waals surface area contributed by atoms with Gasteiger partial charge in [-0.15, -0.1) is 0 Å². The predicted molar refractivity (Wildman–Crippen MR) is 77.0 cm³/mol. The zero-order valence-corrected chi connectivity index (χ0v) is 12.5. The van der Waals surface area contributed by atoms with Crippen LogP contribution in [0.3, 0.4) is 0 Å². The summed E-state index contributed by atoms with van der Waals surface area (Å²) < 4.78 is 6.31. The maximum absolute atomic E-state index is 10.3. The molecule has 4 nitrogen and oxygen atoms in total. The molecule has 5 atom stereocenters. The van der Waals surface area contributed by atoms with Gasteiger partial charge in [-0.3, -0.25) is 4.90 Å². The molecule has 0 aromatic carbocycles. The Kier molecular flexibility index (Phi) is 2.61. The van der Waals surface area contributed by atoms with E-state index in [0.717, 1.165) is 25.8 Å². The standard InChI is InChI=1S/C17H20N2O2/c1-16(2)10-19(13-4-3-5-14(13)20)15-12-8-11(9-18)6-7-17(12,15)21-16/h8,12-15,20H,3-5,10H2,1-2H3. The van der Waals surface area contributed by atoms with Crippen molar-refractivity contribution in [1.29, 1.82) is 5.26 Å². The molecule has 1 saturated heterocycles. The van der Waals surface area contributed by atoms with Crippen molar-refractivity contribution >= 4 is 0 Å². The third-order valence-corrected chi connectivity index (χ3v) is 5.26. The molecule has 3 aliphatic carbocycles. The average Bonchev–Trinajstić information content (AvgIpc) is 2.87. The zero-order chi connectivity index (χ0) is 14.8. The van der Waals surface area contributed by atoms with E-state index in [4.69, 9.17) is 10.00 Å². The summed E-state index contributed by atoms with van der Waals surface area (Å²) in [5.41, 5.74) is -0.182. The molecule has 0 amide bonds. The van der Waals surface area contributed by atoms with Gasteiger partial charge >= 0.3 is 0 Å². The first-order valence-corrected chi connectivity index (χ1v) is 7.76. The van der Waals surface area contributed by atoms with Crippen LogP contribution in [0.25, 0.3) is 0 Å². The summed E-state index contributed by atoms with van der Waals surface area (Å²) in [6.07, 6.45) is 4.73. The maximum atomic E-state index is 10.3. The van der Waals surface area contributed by atoms with Crippen molar-refractivity contribution in [1.82, 2.24) is 4.90 Å². The lowest BCUT2D eigenvalue weighted by molar-refractivity contribution is -0.136. The molecule has 4 aliphatic rings. The number of morpholine rings is 1. The lowest BCUT2D eigenvalue weighted by atomic mass is 10.0. The van der Waals surface area contributed by atoms with Gasteiger partial charge in [0.05, 0.1) is 23.3 Å². The molecule has 1 spiro atoms. The Morgan fingerprint density at radius 3 is 2.95 bits per heavy atom. The SMILES string of the molecule is CC1(C)CN(C2CCCC2O)C2C3C=C(C#N)C#CC32O1. The van der Waals surface area contributed by atoms with Gasteiger partial charge in [-0.2, -0.15) is 5.26 Å². The molecule has 0 aromatic rings. The van der Waals surface area contributed by atoms with Crippen LogP contribution in [0.5, 0.6) is 0 Å². The van der Waals surface area contributed by atoms with Crippen LogP contribution < -0.4 is 0 Å². The molecule has 4 rings (SSSR count). The van der Waals surface area contributed by atoms with Crippen LogP contribution in [-0.2, 0) is 4.74 Å². The van der Waals surface area contributed by atoms with E-state index < -0.39 is 5.60 Å². The largest absolute Gasteiger partial charge is 0.391 e. The number of aliphatic hydroxyl groups excluding tert-OH is 1. The number of hydrogen-bond acceptors (Lipinski definition) is 4. The summed E-state index contributed by atoms with van der Waals surface area (Å²) in [5, 5.41) is 19.4. The van der Waals surface area contributed by atoms with E-state index >= 15 is 0 Å². The van der Waals surface area contributed by atoms with Gasteiger partial charge in [0, 0.05) is 18.5 Å². The van der Waals surface area contributed by atoms with Crippen LogP contribution in [-0.4, -0.2) is 45.9 Å². The topological polar surface area (TPSA) is 56.5 Å². The fraction of sp³-hybridized carbons (Fsp3) is 0.706. The molecule has 5 unspecified atom stereocenters. The lowest BCUT2D eigenvalue weighted by Gasteiger charge is -2.44. The van der Waals surface area contributed by atoms with Gasteiger partial charge < -0.3 is 9.84 Å². The first-order chi connectivity index (χ1) is 9.97. The highest BCUT2D eigenvalue weighted by molar-refractivity contribution is 5.55. The molecule has 0 bridgehead atoms. The number of hydrogen-bond donors (Lipinski definition) is 1. The van der Waals surface area contributed by atoms with Crippen molar-refractivity contribution in [3.8, 4) is 17.9 Å². The lowest BCUT2D eigenvalue weighted by Crippen LogP contribution is -2.57. The third-order valence-electron chi connectivity index (χ3n) is 5.26. The van der Waals surface area contributed by atoms with E-state index in [9.17, 15) is 5.11 Å². The van der Waals surface area contributed by atoms with E-state index in [1.807, 2.05) is 6.08 Å². The predicted octanol–water partition coefficient (Wildman–Crippen LogP) is 1.21. The van der Waals surface area contributed by atoms with Crippen molar-refractivity contribution in [3.63, 3.8) is 0 Å². The molecule has 110 valence electrons. The van der Waals surface area contributed by atoms with Crippen LogP contribution in [0.2, 0.25) is 0 Å². The highest BCUT2D eigenvalue weighted by atomic mass is 16.5. The van der Waals surface area contributed by atoms with Crippen LogP contribution >= 0.6 is 0 Å². The molecule has 1 N–H and O–H groups in total. The van der Waals surface area contributed by atoms with Crippen LogP contribution in [0.4, 0.5) is 0 Å². The van der Waals surface area contributed by atoms with Gasteiger partial charge in [-0.05, 0) is 39.2 Å². The molecule has 0 aromatic heterocycles. The summed E-state index contributed by atoms with van der Waals surface area (Å²) in [7, 11) is 0. The van der Waals surface area contributed by atoms with Crippen LogP contribution in [0.1, 0.15) is 33.1 Å². The first kappa shape index (κ1) is 13.3. The molecular formula is C17H20N2O2. The van der Waals surface area contributed by atoms with E-state index in [1.165, 1.54) is 0 Å². The highest BCUT2D eigenvalue weighted by Gasteiger charge is 2.73. The van der Waals surface area contributed by atoms with Crippen LogP contribution in [0.15, 0.2) is 11.6 Å². The summed E-state index contributed by atoms with van der Waals surface area (Å²) in [6.45, 7) is 4.99. The fourth-order valence-corrected chi connectivity index (χ4v) is 4.46. The molecule has 21 heavy (non-hydrogen) atoms. The Labute approximate surface area is 125 Å². The molecule has 1 aliphatic heterocycles. The maximum Gasteiger partial charge on any atom is 0.153 e. The number of aliphatic hydroxyl groups is 1. The Hall–Kier alpha value is -1.33. The second-order valence-corrected chi connectivity index (χ2v) is 7.31. The Morgan fingerprint density at radius 2 is 2.29 bits per heavy atom. The van der Waals surface area contributed by atoms with Crippen molar-refractivity contribution in [2.24, 2.45) is 5.92 Å². The van der Waals surface area contributed by atoms with Gasteiger partial charge in [0.2, 0.25) is 0 Å². The van der Waals surface area contributed by atoms with Crippen molar-refractivity contribution in [2.45, 2.75) is 62.5 Å². The Balaban J connectivity index is 1.70. The summed E-state index contributed by atoms with van der Waals surface area (Å²) in [4.78, 5) is 2.41. The quantitative estimate of drug-likeness (QED) is 0.736. The van der Waals surface area contributed by atoms with Crippen molar-refractivity contribution in [2.75, 3.05) is 6.54 Å². The number of allylic oxidation sites excluding steroid dienone is 1. The Morgan fingerprint density at radius 1 is 1.48 bits per heavy atom. The van der Waals surface area contributed by atoms with Gasteiger partial charge in [-0.1, -0.05) is 11.8 Å². The summed E-state index contributed by atoms with van der Waals surface area (Å²) in [6, 6.07) is 2.55. The number of nitrogens with zero attached hydrogens (tertiary/aromatic N) is 2. The monoisotopic (exact) mass is 284 g/mol. The fourth-order valence-electron chi connectivity index (χ4n) is 4.46. The van der Waals surface area contributed by atoms with Crippen LogP contribution in [0, 0.1) is 29.1 Å². The molecule has 0 radical (unpaired) electrons. The van der Waals surface area contributed by atoms with E-state index in [0.29, 0.717) is 5.57 Å². The van der Waals surface area contributed by atoms with Gasteiger partial charge in [-0.25, -0.2) is 0 Å². The smallest absolute Gasteiger partial charge is 0.153 e. The molecule has 2 saturated carbocycles. The van der Waals surface area contributed by atoms with Crippen molar-refractivity contribution in [3.05, 3.63) is 11.6 Å². The second-order valence-electron chi connectivity index (χ2n) is 7.31. The Bertz CT molecular complexity index is 621. The highest BCUT2D eigenvalue weighted by Crippen LogP contribution is 2.58. The van der Waals surface area contributed by atoms with E-state index in [2.05, 4.69) is 36.7 Å². The first-order valence-electron chi connectivity index (χ1n) is 7.76. The van der Waals surface area contributed by atoms with Gasteiger partial charge in [0.1, 0.15) is 6.07 Å². The number of ether oxygens (including phenoxy) is 1. The molecule has 3 fully saturated rings. The van der Waals surface area contributed by atoms with E-state index in [-0.39, 0.29) is 29.7 Å². The molecule has 4 heteroatoms.